The van der Waals surface area contributed by atoms with Gasteiger partial charge in [-0.15, -0.1) is 0 Å². The molecular weight excluding hydrogens is 344 g/mol. The first kappa shape index (κ1) is 14.9. The van der Waals surface area contributed by atoms with Crippen molar-refractivity contribution in [1.29, 1.82) is 0 Å². The van der Waals surface area contributed by atoms with E-state index in [1.807, 2.05) is 6.92 Å². The second kappa shape index (κ2) is 5.85. The van der Waals surface area contributed by atoms with Gasteiger partial charge >= 0.3 is 10.1 Å². The van der Waals surface area contributed by atoms with Gasteiger partial charge in [0, 0.05) is 0 Å². The van der Waals surface area contributed by atoms with Crippen LogP contribution < -0.4 is 8.92 Å². The lowest BCUT2D eigenvalue weighted by atomic mass is 10.2. The number of hydrogen-bond donors (Lipinski definition) is 0. The zero-order valence-corrected chi connectivity index (χ0v) is 13.4. The van der Waals surface area contributed by atoms with E-state index in [0.29, 0.717) is 10.2 Å². The largest absolute Gasteiger partial charge is 0.497 e. The highest BCUT2D eigenvalue weighted by Gasteiger charge is 2.18. The molecule has 0 bridgehead atoms. The predicted molar refractivity (Wildman–Crippen MR) is 79.7 cm³/mol. The van der Waals surface area contributed by atoms with Gasteiger partial charge in [0.05, 0.1) is 11.6 Å². The fraction of sp³-hybridized carbons (Fsp3) is 0.143. The maximum absolute atomic E-state index is 12.1. The summed E-state index contributed by atoms with van der Waals surface area (Å²) >= 11 is 3.26. The first-order valence-electron chi connectivity index (χ1n) is 5.77. The Morgan fingerprint density at radius 3 is 2.25 bits per heavy atom. The van der Waals surface area contributed by atoms with Crippen molar-refractivity contribution < 1.29 is 17.3 Å². The highest BCUT2D eigenvalue weighted by molar-refractivity contribution is 9.10. The first-order valence-corrected chi connectivity index (χ1v) is 7.97. The summed E-state index contributed by atoms with van der Waals surface area (Å²) in [6, 6.07) is 11.3. The molecule has 0 aliphatic rings. The Hall–Kier alpha value is -1.53. The average Bonchev–Trinajstić information content (AvgIpc) is 2.41. The van der Waals surface area contributed by atoms with Gasteiger partial charge in [0.15, 0.2) is 5.75 Å². The average molecular weight is 357 g/mol. The number of halogens is 1. The zero-order valence-electron chi connectivity index (χ0n) is 11.0. The molecule has 0 saturated carbocycles. The Morgan fingerprint density at radius 1 is 1.05 bits per heavy atom. The van der Waals surface area contributed by atoms with Crippen molar-refractivity contribution in [3.63, 3.8) is 0 Å². The van der Waals surface area contributed by atoms with Crippen molar-refractivity contribution in [3.05, 3.63) is 52.5 Å². The lowest BCUT2D eigenvalue weighted by Crippen LogP contribution is -2.10. The standard InChI is InChI=1S/C14H13BrO4S/c1-10-3-6-12(7-4-10)20(16,17)19-14-8-5-11(18-2)9-13(14)15/h3-9H,1-2H3. The van der Waals surface area contributed by atoms with Crippen molar-refractivity contribution in [2.45, 2.75) is 11.8 Å². The second-order valence-electron chi connectivity index (χ2n) is 4.15. The molecule has 0 radical (unpaired) electrons. The van der Waals surface area contributed by atoms with Crippen LogP contribution in [0.25, 0.3) is 0 Å². The van der Waals surface area contributed by atoms with Crippen LogP contribution in [0.15, 0.2) is 51.8 Å². The summed E-state index contributed by atoms with van der Waals surface area (Å²) in [5.41, 5.74) is 0.981. The zero-order chi connectivity index (χ0) is 14.8. The molecule has 106 valence electrons. The molecule has 4 nitrogen and oxygen atoms in total. The van der Waals surface area contributed by atoms with Gasteiger partial charge in [0.2, 0.25) is 0 Å². The van der Waals surface area contributed by atoms with Crippen LogP contribution in [-0.2, 0) is 10.1 Å². The Labute approximate surface area is 126 Å². The van der Waals surface area contributed by atoms with Crippen LogP contribution in [-0.4, -0.2) is 15.5 Å². The summed E-state index contributed by atoms with van der Waals surface area (Å²) in [5, 5.41) is 0. The highest BCUT2D eigenvalue weighted by atomic mass is 79.9. The molecule has 0 aromatic heterocycles. The van der Waals surface area contributed by atoms with E-state index >= 15 is 0 Å². The Bertz CT molecular complexity index is 708. The van der Waals surface area contributed by atoms with Crippen LogP contribution in [0.3, 0.4) is 0 Å². The number of methoxy groups -OCH3 is 1. The molecule has 6 heteroatoms. The third-order valence-electron chi connectivity index (χ3n) is 2.65. The lowest BCUT2D eigenvalue weighted by Gasteiger charge is -2.09. The molecule has 2 aromatic rings. The number of ether oxygens (including phenoxy) is 1. The summed E-state index contributed by atoms with van der Waals surface area (Å²) in [7, 11) is -2.31. The number of rotatable bonds is 4. The van der Waals surface area contributed by atoms with E-state index < -0.39 is 10.1 Å². The van der Waals surface area contributed by atoms with Gasteiger partial charge in [0.1, 0.15) is 10.6 Å². The third-order valence-corrected chi connectivity index (χ3v) is 4.52. The molecule has 0 atom stereocenters. The van der Waals surface area contributed by atoms with Gasteiger partial charge in [-0.3, -0.25) is 0 Å². The minimum atomic E-state index is -3.84. The molecule has 0 fully saturated rings. The SMILES string of the molecule is COc1ccc(OS(=O)(=O)c2ccc(C)cc2)c(Br)c1. The molecular formula is C14H13BrO4S. The van der Waals surface area contributed by atoms with Crippen molar-refractivity contribution in [2.24, 2.45) is 0 Å². The maximum Gasteiger partial charge on any atom is 0.339 e. The van der Waals surface area contributed by atoms with E-state index in [4.69, 9.17) is 8.92 Å². The van der Waals surface area contributed by atoms with E-state index in [2.05, 4.69) is 15.9 Å². The van der Waals surface area contributed by atoms with Crippen molar-refractivity contribution in [2.75, 3.05) is 7.11 Å². The summed E-state index contributed by atoms with van der Waals surface area (Å²) in [6.07, 6.45) is 0. The van der Waals surface area contributed by atoms with Crippen molar-refractivity contribution in [1.82, 2.24) is 0 Å². The molecule has 0 unspecified atom stereocenters. The van der Waals surface area contributed by atoms with Crippen LogP contribution in [0, 0.1) is 6.92 Å². The monoisotopic (exact) mass is 356 g/mol. The topological polar surface area (TPSA) is 52.6 Å². The summed E-state index contributed by atoms with van der Waals surface area (Å²) in [6.45, 7) is 1.89. The second-order valence-corrected chi connectivity index (χ2v) is 6.55. The van der Waals surface area contributed by atoms with Gasteiger partial charge in [-0.25, -0.2) is 0 Å². The van der Waals surface area contributed by atoms with Crippen LogP contribution in [0.1, 0.15) is 5.56 Å². The molecule has 0 aliphatic heterocycles. The van der Waals surface area contributed by atoms with Crippen molar-refractivity contribution >= 4 is 26.0 Å². The van der Waals surface area contributed by atoms with Crippen LogP contribution >= 0.6 is 15.9 Å². The van der Waals surface area contributed by atoms with E-state index in [1.165, 1.54) is 25.3 Å². The smallest absolute Gasteiger partial charge is 0.339 e. The molecule has 2 rings (SSSR count). The van der Waals surface area contributed by atoms with E-state index in [0.717, 1.165) is 5.56 Å². The van der Waals surface area contributed by atoms with E-state index in [-0.39, 0.29) is 10.6 Å². The lowest BCUT2D eigenvalue weighted by molar-refractivity contribution is 0.413. The van der Waals surface area contributed by atoms with Gasteiger partial charge in [-0.2, -0.15) is 8.42 Å². The van der Waals surface area contributed by atoms with Gasteiger partial charge < -0.3 is 8.92 Å². The van der Waals surface area contributed by atoms with Crippen LogP contribution in [0.5, 0.6) is 11.5 Å². The molecule has 0 saturated heterocycles. The molecule has 20 heavy (non-hydrogen) atoms. The Morgan fingerprint density at radius 2 is 1.70 bits per heavy atom. The minimum absolute atomic E-state index is 0.116. The fourth-order valence-electron chi connectivity index (χ4n) is 1.55. The fourth-order valence-corrected chi connectivity index (χ4v) is 3.04. The van der Waals surface area contributed by atoms with E-state index in [9.17, 15) is 8.42 Å². The summed E-state index contributed by atoms with van der Waals surface area (Å²) < 4.78 is 35.0. The van der Waals surface area contributed by atoms with Crippen molar-refractivity contribution in [3.8, 4) is 11.5 Å². The molecule has 0 aliphatic carbocycles. The predicted octanol–water partition coefficient (Wildman–Crippen LogP) is 3.53. The quantitative estimate of drug-likeness (QED) is 0.786. The van der Waals surface area contributed by atoms with Gasteiger partial charge in [-0.1, -0.05) is 17.7 Å². The number of aryl methyl sites for hydroxylation is 1. The first-order chi connectivity index (χ1) is 9.42. The van der Waals surface area contributed by atoms with Gasteiger partial charge in [-0.05, 0) is 53.2 Å². The summed E-state index contributed by atoms with van der Waals surface area (Å²) in [5.74, 6) is 0.823. The third kappa shape index (κ3) is 3.32. The normalized spacial score (nSPS) is 11.2. The minimum Gasteiger partial charge on any atom is -0.497 e. The number of benzene rings is 2. The molecule has 0 spiro atoms. The highest BCUT2D eigenvalue weighted by Crippen LogP contribution is 2.31. The Balaban J connectivity index is 2.31. The van der Waals surface area contributed by atoms with Crippen LogP contribution in [0.4, 0.5) is 0 Å². The Kier molecular flexibility index (Phi) is 4.35. The summed E-state index contributed by atoms with van der Waals surface area (Å²) in [4.78, 5) is 0.116. The molecule has 2 aromatic carbocycles. The van der Waals surface area contributed by atoms with Gasteiger partial charge in [0.25, 0.3) is 0 Å². The number of hydrogen-bond acceptors (Lipinski definition) is 4. The maximum atomic E-state index is 12.1. The molecule has 0 N–H and O–H groups in total. The molecule has 0 heterocycles. The molecule has 0 amide bonds. The van der Waals surface area contributed by atoms with E-state index in [1.54, 1.807) is 24.3 Å². The van der Waals surface area contributed by atoms with Crippen LogP contribution in [0.2, 0.25) is 0 Å².